The predicted molar refractivity (Wildman–Crippen MR) is 129 cm³/mol. The van der Waals surface area contributed by atoms with Crippen LogP contribution in [-0.2, 0) is 19.1 Å². The molecule has 0 aliphatic carbocycles. The molecule has 0 unspecified atom stereocenters. The maximum Gasteiger partial charge on any atom is 0.326 e. The van der Waals surface area contributed by atoms with E-state index in [1.54, 1.807) is 40.0 Å². The number of fused-ring (bicyclic) bond motifs is 1. The van der Waals surface area contributed by atoms with Crippen LogP contribution < -0.4 is 10.1 Å². The van der Waals surface area contributed by atoms with Crippen LogP contribution in [-0.4, -0.2) is 54.3 Å². The van der Waals surface area contributed by atoms with Gasteiger partial charge in [-0.25, -0.2) is 0 Å². The lowest BCUT2D eigenvalue weighted by Crippen LogP contribution is -2.54. The lowest BCUT2D eigenvalue weighted by Gasteiger charge is -2.29. The molecule has 0 radical (unpaired) electrons. The standard InChI is InChI=1S/C27H30N2O6/c1-6-29-24(31)21-22(25(29)32)27(4,26(33)35-7-2)28-23(21)18-12-13-19(20(14-18)34-5)17-10-8-16(9-11-17)15(3)30/h8-14,21-23,28H,6-7H2,1-5H3/t21-,22-,23-,27-/m1/s1. The lowest BCUT2D eigenvalue weighted by atomic mass is 9.80. The van der Waals surface area contributed by atoms with E-state index in [9.17, 15) is 19.2 Å². The van der Waals surface area contributed by atoms with E-state index < -0.39 is 29.4 Å². The Balaban J connectivity index is 1.75. The second kappa shape index (κ2) is 9.26. The monoisotopic (exact) mass is 478 g/mol. The predicted octanol–water partition coefficient (Wildman–Crippen LogP) is 3.15. The van der Waals surface area contributed by atoms with Crippen LogP contribution in [0.25, 0.3) is 11.1 Å². The number of methoxy groups -OCH3 is 1. The van der Waals surface area contributed by atoms with Crippen molar-refractivity contribution < 1.29 is 28.7 Å². The van der Waals surface area contributed by atoms with Gasteiger partial charge in [-0.3, -0.25) is 29.4 Å². The van der Waals surface area contributed by atoms with Crippen LogP contribution in [0.1, 0.15) is 49.7 Å². The molecule has 2 fully saturated rings. The highest BCUT2D eigenvalue weighted by Gasteiger charge is 2.66. The van der Waals surface area contributed by atoms with E-state index in [1.165, 1.54) is 11.8 Å². The van der Waals surface area contributed by atoms with Crippen LogP contribution >= 0.6 is 0 Å². The minimum atomic E-state index is -1.34. The fourth-order valence-corrected chi connectivity index (χ4v) is 5.29. The molecule has 0 saturated carbocycles. The summed E-state index contributed by atoms with van der Waals surface area (Å²) < 4.78 is 11.0. The molecule has 4 rings (SSSR count). The molecule has 184 valence electrons. The van der Waals surface area contributed by atoms with Crippen LogP contribution in [0.2, 0.25) is 0 Å². The highest BCUT2D eigenvalue weighted by Crippen LogP contribution is 2.49. The normalized spacial score (nSPS) is 25.5. The van der Waals surface area contributed by atoms with Crippen LogP contribution in [0.3, 0.4) is 0 Å². The van der Waals surface area contributed by atoms with Crippen molar-refractivity contribution in [1.29, 1.82) is 0 Å². The molecular formula is C27H30N2O6. The lowest BCUT2D eigenvalue weighted by molar-refractivity contribution is -0.155. The highest BCUT2D eigenvalue weighted by molar-refractivity contribution is 6.09. The zero-order valence-corrected chi connectivity index (χ0v) is 20.6. The Morgan fingerprint density at radius 2 is 1.74 bits per heavy atom. The van der Waals surface area contributed by atoms with Gasteiger partial charge in [0.05, 0.1) is 25.6 Å². The average Bonchev–Trinajstić information content (AvgIpc) is 3.31. The van der Waals surface area contributed by atoms with Crippen molar-refractivity contribution in [2.45, 2.75) is 39.3 Å². The summed E-state index contributed by atoms with van der Waals surface area (Å²) in [6.45, 7) is 7.02. The quantitative estimate of drug-likeness (QED) is 0.371. The summed E-state index contributed by atoms with van der Waals surface area (Å²) in [7, 11) is 1.56. The molecule has 0 aromatic heterocycles. The number of esters is 1. The number of rotatable bonds is 7. The van der Waals surface area contributed by atoms with Gasteiger partial charge >= 0.3 is 5.97 Å². The van der Waals surface area contributed by atoms with Crippen molar-refractivity contribution in [1.82, 2.24) is 10.2 Å². The van der Waals surface area contributed by atoms with E-state index in [0.717, 1.165) is 16.7 Å². The Kier molecular flexibility index (Phi) is 6.51. The number of imide groups is 1. The first-order valence-electron chi connectivity index (χ1n) is 11.8. The molecule has 2 aliphatic heterocycles. The fourth-order valence-electron chi connectivity index (χ4n) is 5.29. The summed E-state index contributed by atoms with van der Waals surface area (Å²) in [5.41, 5.74) is 1.70. The maximum absolute atomic E-state index is 13.3. The second-order valence-corrected chi connectivity index (χ2v) is 9.06. The first-order valence-corrected chi connectivity index (χ1v) is 11.8. The molecule has 8 nitrogen and oxygen atoms in total. The summed E-state index contributed by atoms with van der Waals surface area (Å²) in [5.74, 6) is -2.23. The third-order valence-corrected chi connectivity index (χ3v) is 7.08. The Labute approximate surface area is 204 Å². The van der Waals surface area contributed by atoms with E-state index >= 15 is 0 Å². The number of carbonyl (C=O) groups is 4. The van der Waals surface area contributed by atoms with E-state index in [2.05, 4.69) is 5.32 Å². The van der Waals surface area contributed by atoms with Gasteiger partial charge in [0.15, 0.2) is 5.78 Å². The number of hydrogen-bond donors (Lipinski definition) is 1. The number of ketones is 1. The molecule has 0 spiro atoms. The molecule has 2 aromatic carbocycles. The number of nitrogens with zero attached hydrogens (tertiary/aromatic N) is 1. The van der Waals surface area contributed by atoms with Gasteiger partial charge < -0.3 is 9.47 Å². The third-order valence-electron chi connectivity index (χ3n) is 7.08. The molecule has 0 bridgehead atoms. The van der Waals surface area contributed by atoms with Crippen molar-refractivity contribution in [3.63, 3.8) is 0 Å². The Morgan fingerprint density at radius 1 is 1.06 bits per heavy atom. The van der Waals surface area contributed by atoms with Crippen LogP contribution in [0, 0.1) is 11.8 Å². The van der Waals surface area contributed by atoms with Gasteiger partial charge in [-0.1, -0.05) is 36.4 Å². The van der Waals surface area contributed by atoms with Crippen molar-refractivity contribution >= 4 is 23.6 Å². The van der Waals surface area contributed by atoms with Gasteiger partial charge in [0.25, 0.3) is 0 Å². The number of amides is 2. The number of benzene rings is 2. The number of likely N-dealkylation sites (tertiary alicyclic amines) is 1. The summed E-state index contributed by atoms with van der Waals surface area (Å²) in [6, 6.07) is 12.2. The van der Waals surface area contributed by atoms with E-state index in [0.29, 0.717) is 11.3 Å². The van der Waals surface area contributed by atoms with E-state index in [-0.39, 0.29) is 30.7 Å². The van der Waals surface area contributed by atoms with E-state index in [1.807, 2.05) is 30.3 Å². The topological polar surface area (TPSA) is 102 Å². The number of ether oxygens (including phenoxy) is 2. The van der Waals surface area contributed by atoms with Crippen molar-refractivity contribution in [2.75, 3.05) is 20.3 Å². The van der Waals surface area contributed by atoms with Crippen molar-refractivity contribution in [3.05, 3.63) is 53.6 Å². The highest BCUT2D eigenvalue weighted by atomic mass is 16.5. The number of hydrogen-bond acceptors (Lipinski definition) is 7. The maximum atomic E-state index is 13.3. The molecule has 2 aliphatic rings. The van der Waals surface area contributed by atoms with Crippen LogP contribution in [0.5, 0.6) is 5.75 Å². The SMILES string of the molecule is CCOC(=O)[C@]1(C)N[C@H](c2ccc(-c3ccc(C(C)=O)cc3)c(OC)c2)[C@@H]2C(=O)N(CC)C(=O)[C@@H]21. The third kappa shape index (κ3) is 3.91. The Hall–Kier alpha value is -3.52. The van der Waals surface area contributed by atoms with Gasteiger partial charge in [0.1, 0.15) is 11.3 Å². The molecular weight excluding hydrogens is 448 g/mol. The zero-order chi connectivity index (χ0) is 25.5. The average molecular weight is 479 g/mol. The molecule has 1 N–H and O–H groups in total. The fraction of sp³-hybridized carbons (Fsp3) is 0.407. The van der Waals surface area contributed by atoms with Gasteiger partial charge in [-0.2, -0.15) is 0 Å². The second-order valence-electron chi connectivity index (χ2n) is 9.06. The molecule has 2 heterocycles. The smallest absolute Gasteiger partial charge is 0.326 e. The summed E-state index contributed by atoms with van der Waals surface area (Å²) in [5, 5.41) is 3.27. The van der Waals surface area contributed by atoms with Gasteiger partial charge in [-0.15, -0.1) is 0 Å². The zero-order valence-electron chi connectivity index (χ0n) is 20.6. The van der Waals surface area contributed by atoms with E-state index in [4.69, 9.17) is 9.47 Å². The molecule has 2 aromatic rings. The van der Waals surface area contributed by atoms with Crippen molar-refractivity contribution in [2.24, 2.45) is 11.8 Å². The molecule has 35 heavy (non-hydrogen) atoms. The molecule has 2 amide bonds. The summed E-state index contributed by atoms with van der Waals surface area (Å²) >= 11 is 0. The molecule has 4 atom stereocenters. The largest absolute Gasteiger partial charge is 0.496 e. The summed E-state index contributed by atoms with van der Waals surface area (Å²) in [6.07, 6.45) is 0. The Morgan fingerprint density at radius 3 is 2.31 bits per heavy atom. The number of nitrogens with one attached hydrogen (secondary N) is 1. The van der Waals surface area contributed by atoms with Crippen molar-refractivity contribution in [3.8, 4) is 16.9 Å². The van der Waals surface area contributed by atoms with Gasteiger partial charge in [-0.05, 0) is 44.9 Å². The number of carbonyl (C=O) groups excluding carboxylic acids is 4. The van der Waals surface area contributed by atoms with Gasteiger partial charge in [0.2, 0.25) is 11.8 Å². The first kappa shape index (κ1) is 24.6. The minimum absolute atomic E-state index is 0.0118. The first-order chi connectivity index (χ1) is 16.7. The molecule has 8 heteroatoms. The van der Waals surface area contributed by atoms with Gasteiger partial charge in [0, 0.05) is 23.7 Å². The Bertz CT molecular complexity index is 1190. The van der Waals surface area contributed by atoms with Crippen LogP contribution in [0.15, 0.2) is 42.5 Å². The molecule has 2 saturated heterocycles. The number of Topliss-reactive ketones (excluding diaryl/α,β-unsaturated/α-hetero) is 1. The minimum Gasteiger partial charge on any atom is -0.496 e. The summed E-state index contributed by atoms with van der Waals surface area (Å²) in [4.78, 5) is 52.2. The van der Waals surface area contributed by atoms with Crippen LogP contribution in [0.4, 0.5) is 0 Å².